The van der Waals surface area contributed by atoms with Crippen molar-refractivity contribution in [2.24, 2.45) is 10.1 Å². The van der Waals surface area contributed by atoms with Crippen LogP contribution in [0.4, 0.5) is 5.69 Å². The quantitative estimate of drug-likeness (QED) is 0.580. The van der Waals surface area contributed by atoms with Gasteiger partial charge in [-0.3, -0.25) is 14.9 Å². The number of thioether (sulfide) groups is 1. The molecule has 0 bridgehead atoms. The van der Waals surface area contributed by atoms with Gasteiger partial charge in [-0.1, -0.05) is 23.9 Å². The first-order valence-corrected chi connectivity index (χ1v) is 9.53. The zero-order valence-corrected chi connectivity index (χ0v) is 15.8. The molecule has 0 aliphatic carbocycles. The smallest absolute Gasteiger partial charge is 0.269 e. The second-order valence-electron chi connectivity index (χ2n) is 6.27. The van der Waals surface area contributed by atoms with Gasteiger partial charge in [0.25, 0.3) is 11.6 Å². The Labute approximate surface area is 165 Å². The molecule has 2 aliphatic rings. The number of amidine groups is 1. The number of hydrazone groups is 1. The van der Waals surface area contributed by atoms with Crippen LogP contribution in [0.5, 0.6) is 5.75 Å². The molecular weight excluding hydrogens is 380 g/mol. The molecule has 4 rings (SSSR count). The number of rotatable bonds is 4. The summed E-state index contributed by atoms with van der Waals surface area (Å²) in [6.07, 6.45) is 0.595. The summed E-state index contributed by atoms with van der Waals surface area (Å²) < 4.78 is 5.22. The van der Waals surface area contributed by atoms with Crippen LogP contribution in [0.15, 0.2) is 58.6 Å². The molecule has 142 valence electrons. The number of nitro groups is 1. The van der Waals surface area contributed by atoms with Gasteiger partial charge in [-0.2, -0.15) is 10.1 Å². The van der Waals surface area contributed by atoms with Crippen molar-refractivity contribution in [3.05, 3.63) is 69.8 Å². The van der Waals surface area contributed by atoms with E-state index in [9.17, 15) is 14.9 Å². The van der Waals surface area contributed by atoms with Crippen LogP contribution >= 0.6 is 11.8 Å². The Hall–Kier alpha value is -3.20. The van der Waals surface area contributed by atoms with E-state index in [1.165, 1.54) is 23.9 Å². The van der Waals surface area contributed by atoms with E-state index in [2.05, 4.69) is 4.99 Å². The van der Waals surface area contributed by atoms with E-state index in [0.29, 0.717) is 17.3 Å². The van der Waals surface area contributed by atoms with Crippen molar-refractivity contribution in [3.63, 3.8) is 0 Å². The zero-order valence-electron chi connectivity index (χ0n) is 14.9. The third-order valence-corrected chi connectivity index (χ3v) is 5.49. The number of carbonyl (C=O) groups is 1. The highest BCUT2D eigenvalue weighted by Gasteiger charge is 2.34. The SMILES string of the molecule is COc1ccc(C2CC(c3ccc([N+](=O)[O-])cc3)=NN2C2=NC(=O)CS2)cc1. The van der Waals surface area contributed by atoms with E-state index >= 15 is 0 Å². The summed E-state index contributed by atoms with van der Waals surface area (Å²) in [5.74, 6) is 0.892. The number of non-ortho nitro benzene ring substituents is 1. The Morgan fingerprint density at radius 2 is 1.89 bits per heavy atom. The summed E-state index contributed by atoms with van der Waals surface area (Å²) >= 11 is 1.36. The van der Waals surface area contributed by atoms with Gasteiger partial charge < -0.3 is 4.74 Å². The molecular formula is C19H16N4O4S. The molecule has 8 nitrogen and oxygen atoms in total. The zero-order chi connectivity index (χ0) is 19.7. The number of methoxy groups -OCH3 is 1. The highest BCUT2D eigenvalue weighted by molar-refractivity contribution is 8.14. The van der Waals surface area contributed by atoms with E-state index in [0.717, 1.165) is 22.6 Å². The van der Waals surface area contributed by atoms with Gasteiger partial charge in [-0.25, -0.2) is 5.01 Å². The fourth-order valence-electron chi connectivity index (χ4n) is 3.14. The summed E-state index contributed by atoms with van der Waals surface area (Å²) in [4.78, 5) is 26.2. The maximum atomic E-state index is 11.6. The Morgan fingerprint density at radius 1 is 1.18 bits per heavy atom. The van der Waals surface area contributed by atoms with Crippen LogP contribution in [-0.4, -0.2) is 39.6 Å². The van der Waals surface area contributed by atoms with Crippen molar-refractivity contribution >= 4 is 34.2 Å². The second-order valence-corrected chi connectivity index (χ2v) is 7.21. The number of ether oxygens (including phenoxy) is 1. The van der Waals surface area contributed by atoms with Crippen molar-refractivity contribution in [1.29, 1.82) is 0 Å². The van der Waals surface area contributed by atoms with Crippen LogP contribution in [0.25, 0.3) is 0 Å². The van der Waals surface area contributed by atoms with Crippen LogP contribution in [0.1, 0.15) is 23.6 Å². The Morgan fingerprint density at radius 3 is 2.46 bits per heavy atom. The molecule has 2 heterocycles. The van der Waals surface area contributed by atoms with Crippen LogP contribution in [-0.2, 0) is 4.79 Å². The van der Waals surface area contributed by atoms with Crippen LogP contribution in [0, 0.1) is 10.1 Å². The molecule has 0 saturated heterocycles. The molecule has 2 aromatic carbocycles. The number of hydrogen-bond acceptors (Lipinski definition) is 7. The fourth-order valence-corrected chi connectivity index (χ4v) is 3.92. The average Bonchev–Trinajstić information content (AvgIpc) is 3.34. The molecule has 1 atom stereocenters. The number of amides is 1. The summed E-state index contributed by atoms with van der Waals surface area (Å²) in [5, 5.41) is 17.9. The van der Waals surface area contributed by atoms with Gasteiger partial charge in [0.2, 0.25) is 0 Å². The van der Waals surface area contributed by atoms with Gasteiger partial charge in [0.1, 0.15) is 5.75 Å². The first-order chi connectivity index (χ1) is 13.5. The lowest BCUT2D eigenvalue weighted by molar-refractivity contribution is -0.384. The number of hydrogen-bond donors (Lipinski definition) is 0. The molecule has 0 aromatic heterocycles. The van der Waals surface area contributed by atoms with Crippen molar-refractivity contribution < 1.29 is 14.5 Å². The molecule has 0 radical (unpaired) electrons. The Balaban J connectivity index is 1.67. The minimum atomic E-state index is -0.428. The summed E-state index contributed by atoms with van der Waals surface area (Å²) in [7, 11) is 1.61. The minimum absolute atomic E-state index is 0.0345. The van der Waals surface area contributed by atoms with E-state index in [-0.39, 0.29) is 17.6 Å². The molecule has 2 aliphatic heterocycles. The highest BCUT2D eigenvalue weighted by atomic mass is 32.2. The fraction of sp³-hybridized carbons (Fsp3) is 0.211. The summed E-state index contributed by atoms with van der Waals surface area (Å²) in [6, 6.07) is 13.9. The molecule has 2 aromatic rings. The maximum Gasteiger partial charge on any atom is 0.269 e. The number of aliphatic imine (C=N–C) groups is 1. The predicted molar refractivity (Wildman–Crippen MR) is 107 cm³/mol. The minimum Gasteiger partial charge on any atom is -0.497 e. The van der Waals surface area contributed by atoms with E-state index in [4.69, 9.17) is 9.84 Å². The van der Waals surface area contributed by atoms with Crippen LogP contribution < -0.4 is 4.74 Å². The van der Waals surface area contributed by atoms with Gasteiger partial charge in [-0.05, 0) is 35.4 Å². The molecule has 9 heteroatoms. The van der Waals surface area contributed by atoms with Crippen LogP contribution in [0.3, 0.4) is 0 Å². The normalized spacial score (nSPS) is 18.8. The lowest BCUT2D eigenvalue weighted by atomic mass is 9.98. The lowest BCUT2D eigenvalue weighted by Crippen LogP contribution is -2.23. The molecule has 0 spiro atoms. The number of benzene rings is 2. The van der Waals surface area contributed by atoms with Gasteiger partial charge >= 0.3 is 0 Å². The van der Waals surface area contributed by atoms with Gasteiger partial charge in [0.05, 0.1) is 29.5 Å². The average molecular weight is 396 g/mol. The molecule has 28 heavy (non-hydrogen) atoms. The molecule has 1 unspecified atom stereocenters. The second kappa shape index (κ2) is 7.43. The van der Waals surface area contributed by atoms with Crippen molar-refractivity contribution in [1.82, 2.24) is 5.01 Å². The van der Waals surface area contributed by atoms with Gasteiger partial charge in [0, 0.05) is 18.6 Å². The predicted octanol–water partition coefficient (Wildman–Crippen LogP) is 3.38. The number of carbonyl (C=O) groups excluding carboxylic acids is 1. The summed E-state index contributed by atoms with van der Waals surface area (Å²) in [5.41, 5.74) is 2.65. The lowest BCUT2D eigenvalue weighted by Gasteiger charge is -2.22. The monoisotopic (exact) mass is 396 g/mol. The van der Waals surface area contributed by atoms with Crippen molar-refractivity contribution in [2.45, 2.75) is 12.5 Å². The van der Waals surface area contributed by atoms with E-state index in [1.807, 2.05) is 24.3 Å². The van der Waals surface area contributed by atoms with Gasteiger partial charge in [0.15, 0.2) is 5.17 Å². The topological polar surface area (TPSA) is 97.4 Å². The van der Waals surface area contributed by atoms with Crippen LogP contribution in [0.2, 0.25) is 0 Å². The Bertz CT molecular complexity index is 986. The van der Waals surface area contributed by atoms with E-state index < -0.39 is 4.92 Å². The Kier molecular flexibility index (Phi) is 4.82. The third-order valence-electron chi connectivity index (χ3n) is 4.56. The first kappa shape index (κ1) is 18.2. The van der Waals surface area contributed by atoms with E-state index in [1.54, 1.807) is 24.3 Å². The summed E-state index contributed by atoms with van der Waals surface area (Å²) in [6.45, 7) is 0. The first-order valence-electron chi connectivity index (χ1n) is 8.55. The largest absolute Gasteiger partial charge is 0.497 e. The molecule has 1 amide bonds. The molecule has 0 fully saturated rings. The number of nitrogens with zero attached hydrogens (tertiary/aromatic N) is 4. The molecule has 0 saturated carbocycles. The molecule has 0 N–H and O–H groups in total. The number of nitro benzene ring substituents is 1. The highest BCUT2D eigenvalue weighted by Crippen LogP contribution is 2.37. The van der Waals surface area contributed by atoms with Crippen molar-refractivity contribution in [3.8, 4) is 5.75 Å². The standard InChI is InChI=1S/C19H16N4O4S/c1-27-15-8-4-13(5-9-15)17-10-16(12-2-6-14(7-3-12)23(25)26)21-22(17)19-20-18(24)11-28-19/h2-9,17H,10-11H2,1H3. The van der Waals surface area contributed by atoms with Gasteiger partial charge in [-0.15, -0.1) is 0 Å². The van der Waals surface area contributed by atoms with Crippen molar-refractivity contribution in [2.75, 3.05) is 12.9 Å². The third kappa shape index (κ3) is 3.48. The maximum absolute atomic E-state index is 11.6.